The highest BCUT2D eigenvalue weighted by Gasteiger charge is 2.20. The SMILES string of the molecule is C=CCN1C=CN(C(CC)O[SH](=O)=O)C1. The molecule has 0 saturated carbocycles. The molecule has 1 heterocycles. The molecule has 1 aliphatic heterocycles. The first kappa shape index (κ1) is 12.1. The van der Waals surface area contributed by atoms with Crippen molar-refractivity contribution in [2.24, 2.45) is 0 Å². The molecule has 6 heteroatoms. The second-order valence-corrected chi connectivity index (χ2v) is 3.86. The molecule has 1 rings (SSSR count). The van der Waals surface area contributed by atoms with Crippen molar-refractivity contribution in [1.82, 2.24) is 9.80 Å². The van der Waals surface area contributed by atoms with E-state index in [-0.39, 0.29) is 0 Å². The summed E-state index contributed by atoms with van der Waals surface area (Å²) in [5, 5.41) is 0. The van der Waals surface area contributed by atoms with Crippen LogP contribution in [-0.2, 0) is 15.2 Å². The summed E-state index contributed by atoms with van der Waals surface area (Å²) in [5.41, 5.74) is 0. The Hall–Kier alpha value is -1.01. The van der Waals surface area contributed by atoms with Crippen LogP contribution in [0.1, 0.15) is 13.3 Å². The van der Waals surface area contributed by atoms with Gasteiger partial charge in [-0.05, 0) is 6.42 Å². The summed E-state index contributed by atoms with van der Waals surface area (Å²) in [6.45, 7) is 6.90. The molecule has 1 atom stereocenters. The van der Waals surface area contributed by atoms with Crippen molar-refractivity contribution in [2.45, 2.75) is 19.6 Å². The Morgan fingerprint density at radius 1 is 1.60 bits per heavy atom. The Morgan fingerprint density at radius 3 is 2.87 bits per heavy atom. The molecule has 0 aliphatic carbocycles. The van der Waals surface area contributed by atoms with Crippen LogP contribution >= 0.6 is 0 Å². The zero-order chi connectivity index (χ0) is 11.3. The lowest BCUT2D eigenvalue weighted by molar-refractivity contribution is 0.0557. The van der Waals surface area contributed by atoms with Crippen LogP contribution in [0.3, 0.4) is 0 Å². The monoisotopic (exact) mass is 232 g/mol. The van der Waals surface area contributed by atoms with Gasteiger partial charge in [0.25, 0.3) is 11.0 Å². The van der Waals surface area contributed by atoms with Gasteiger partial charge in [0.1, 0.15) is 6.23 Å². The fourth-order valence-corrected chi connectivity index (χ4v) is 1.89. The average Bonchev–Trinajstić information content (AvgIpc) is 2.63. The molecule has 0 bridgehead atoms. The molecule has 0 spiro atoms. The van der Waals surface area contributed by atoms with E-state index in [0.717, 1.165) is 6.54 Å². The van der Waals surface area contributed by atoms with Crippen molar-refractivity contribution >= 4 is 11.0 Å². The van der Waals surface area contributed by atoms with E-state index in [1.807, 2.05) is 29.1 Å². The van der Waals surface area contributed by atoms with Gasteiger partial charge in [0, 0.05) is 18.9 Å². The first-order chi connectivity index (χ1) is 7.17. The van der Waals surface area contributed by atoms with Crippen LogP contribution in [0.15, 0.2) is 25.1 Å². The molecule has 0 saturated heterocycles. The second-order valence-electron chi connectivity index (χ2n) is 3.21. The molecule has 0 fully saturated rings. The van der Waals surface area contributed by atoms with Crippen molar-refractivity contribution in [1.29, 1.82) is 0 Å². The molecule has 86 valence electrons. The molecule has 0 amide bonds. The van der Waals surface area contributed by atoms with Crippen LogP contribution < -0.4 is 0 Å². The van der Waals surface area contributed by atoms with Gasteiger partial charge in [-0.3, -0.25) is 0 Å². The number of hydrogen-bond donors (Lipinski definition) is 1. The van der Waals surface area contributed by atoms with Crippen LogP contribution in [0.25, 0.3) is 0 Å². The largest absolute Gasteiger partial charge is 0.355 e. The van der Waals surface area contributed by atoms with Gasteiger partial charge >= 0.3 is 0 Å². The molecule has 0 aromatic rings. The molecular weight excluding hydrogens is 216 g/mol. The normalized spacial score (nSPS) is 17.5. The number of thiol groups is 1. The number of hydrogen-bond acceptors (Lipinski definition) is 5. The van der Waals surface area contributed by atoms with Crippen molar-refractivity contribution in [3.05, 3.63) is 25.1 Å². The second kappa shape index (κ2) is 5.77. The third-order valence-corrected chi connectivity index (χ3v) is 2.52. The first-order valence-electron chi connectivity index (χ1n) is 4.77. The van der Waals surface area contributed by atoms with E-state index in [4.69, 9.17) is 4.18 Å². The first-order valence-corrected chi connectivity index (χ1v) is 5.87. The van der Waals surface area contributed by atoms with Gasteiger partial charge in [-0.1, -0.05) is 13.0 Å². The maximum absolute atomic E-state index is 10.5. The van der Waals surface area contributed by atoms with E-state index in [1.165, 1.54) is 0 Å². The third kappa shape index (κ3) is 3.56. The Kier molecular flexibility index (Phi) is 4.64. The average molecular weight is 232 g/mol. The smallest absolute Gasteiger partial charge is 0.259 e. The maximum atomic E-state index is 10.5. The molecule has 0 aromatic heterocycles. The van der Waals surface area contributed by atoms with Gasteiger partial charge in [0.15, 0.2) is 0 Å². The summed E-state index contributed by atoms with van der Waals surface area (Å²) in [6, 6.07) is 0. The molecule has 1 aliphatic rings. The maximum Gasteiger partial charge on any atom is 0.259 e. The van der Waals surface area contributed by atoms with Crippen molar-refractivity contribution < 1.29 is 12.6 Å². The van der Waals surface area contributed by atoms with Gasteiger partial charge in [-0.2, -0.15) is 0 Å². The predicted molar refractivity (Wildman–Crippen MR) is 58.2 cm³/mol. The Bertz CT molecular complexity index is 306. The zero-order valence-electron chi connectivity index (χ0n) is 8.70. The van der Waals surface area contributed by atoms with Gasteiger partial charge in [-0.25, -0.2) is 12.6 Å². The summed E-state index contributed by atoms with van der Waals surface area (Å²) in [5.74, 6) is 0. The van der Waals surface area contributed by atoms with E-state index < -0.39 is 17.2 Å². The topological polar surface area (TPSA) is 49.9 Å². The van der Waals surface area contributed by atoms with Crippen molar-refractivity contribution in [3.8, 4) is 0 Å². The van der Waals surface area contributed by atoms with E-state index in [2.05, 4.69) is 6.58 Å². The lowest BCUT2D eigenvalue weighted by Gasteiger charge is -2.26. The van der Waals surface area contributed by atoms with Crippen LogP contribution in [0, 0.1) is 0 Å². The minimum atomic E-state index is -2.80. The van der Waals surface area contributed by atoms with Gasteiger partial charge in [0.2, 0.25) is 0 Å². The minimum absolute atomic E-state index is 0.405. The van der Waals surface area contributed by atoms with E-state index >= 15 is 0 Å². The van der Waals surface area contributed by atoms with Crippen molar-refractivity contribution in [2.75, 3.05) is 13.2 Å². The molecule has 0 N–H and O–H groups in total. The Balaban J connectivity index is 2.50. The fourth-order valence-electron chi connectivity index (χ4n) is 1.42. The minimum Gasteiger partial charge on any atom is -0.355 e. The molecule has 0 aromatic carbocycles. The third-order valence-electron chi connectivity index (χ3n) is 2.10. The van der Waals surface area contributed by atoms with Crippen molar-refractivity contribution in [3.63, 3.8) is 0 Å². The van der Waals surface area contributed by atoms with E-state index in [0.29, 0.717) is 13.1 Å². The molecule has 15 heavy (non-hydrogen) atoms. The quantitative estimate of drug-likeness (QED) is 0.534. The predicted octanol–water partition coefficient (Wildman–Crippen LogP) is 0.498. The Morgan fingerprint density at radius 2 is 2.33 bits per heavy atom. The summed E-state index contributed by atoms with van der Waals surface area (Å²) < 4.78 is 25.7. The fraction of sp³-hybridized carbons (Fsp3) is 0.556. The zero-order valence-corrected chi connectivity index (χ0v) is 9.60. The Labute approximate surface area is 91.8 Å². The van der Waals surface area contributed by atoms with E-state index in [1.54, 1.807) is 6.08 Å². The number of rotatable bonds is 6. The van der Waals surface area contributed by atoms with Crippen LogP contribution in [0.5, 0.6) is 0 Å². The van der Waals surface area contributed by atoms with Crippen LogP contribution in [0.4, 0.5) is 0 Å². The molecular formula is C9H16N2O3S. The molecule has 0 radical (unpaired) electrons. The molecule has 5 nitrogen and oxygen atoms in total. The summed E-state index contributed by atoms with van der Waals surface area (Å²) in [4.78, 5) is 3.85. The van der Waals surface area contributed by atoms with Crippen LogP contribution in [0.2, 0.25) is 0 Å². The highest BCUT2D eigenvalue weighted by Crippen LogP contribution is 2.14. The van der Waals surface area contributed by atoms with Crippen LogP contribution in [-0.4, -0.2) is 37.7 Å². The van der Waals surface area contributed by atoms with Gasteiger partial charge < -0.3 is 9.80 Å². The summed E-state index contributed by atoms with van der Waals surface area (Å²) in [7, 11) is -2.80. The lowest BCUT2D eigenvalue weighted by Crippen LogP contribution is -2.35. The van der Waals surface area contributed by atoms with Gasteiger partial charge in [-0.15, -0.1) is 6.58 Å². The summed E-state index contributed by atoms with van der Waals surface area (Å²) in [6.07, 6.45) is 5.73. The highest BCUT2D eigenvalue weighted by atomic mass is 32.2. The lowest BCUT2D eigenvalue weighted by atomic mass is 10.4. The highest BCUT2D eigenvalue weighted by molar-refractivity contribution is 7.67. The van der Waals surface area contributed by atoms with E-state index in [9.17, 15) is 8.42 Å². The standard InChI is InChI=1S/C9H16N2O3S/c1-3-5-10-6-7-11(8-10)9(4-2)14-15(12)13/h3,6-7,9,15H,1,4-5,8H2,2H3. The summed E-state index contributed by atoms with van der Waals surface area (Å²) >= 11 is 0. The van der Waals surface area contributed by atoms with Gasteiger partial charge in [0.05, 0.1) is 6.67 Å². The number of nitrogens with zero attached hydrogens (tertiary/aromatic N) is 2. The molecule has 1 unspecified atom stereocenters.